The van der Waals surface area contributed by atoms with Crippen LogP contribution in [0.2, 0.25) is 0 Å². The van der Waals surface area contributed by atoms with Gasteiger partial charge in [-0.3, -0.25) is 4.79 Å². The molecule has 0 saturated heterocycles. The van der Waals surface area contributed by atoms with E-state index in [0.717, 1.165) is 25.7 Å². The van der Waals surface area contributed by atoms with Crippen molar-refractivity contribution in [2.75, 3.05) is 6.61 Å². The molecule has 0 rings (SSSR count). The van der Waals surface area contributed by atoms with Crippen molar-refractivity contribution in [3.05, 3.63) is 0 Å². The standard InChI is InChI=1S/C58H117NO3/c1-3-5-7-9-11-13-15-17-19-21-22-23-24-25-26-27-28-29-30-31-32-33-34-35-36-38-40-42-44-46-48-50-52-54-58(62)59-56(55-60)57(61)53-51-49-47-45-43-41-39-37-20-18-16-14-12-10-8-6-4-2/h56-57,60-61H,3-55H2,1-2H3,(H,59,62). The molecule has 0 bridgehead atoms. The molecule has 3 N–H and O–H groups in total. The molecule has 4 heteroatoms. The van der Waals surface area contributed by atoms with Crippen molar-refractivity contribution in [2.24, 2.45) is 0 Å². The summed E-state index contributed by atoms with van der Waals surface area (Å²) in [7, 11) is 0. The Morgan fingerprint density at radius 2 is 0.516 bits per heavy atom. The number of carbonyl (C=O) groups is 1. The van der Waals surface area contributed by atoms with Crippen molar-refractivity contribution >= 4 is 5.91 Å². The van der Waals surface area contributed by atoms with Gasteiger partial charge in [-0.1, -0.05) is 328 Å². The van der Waals surface area contributed by atoms with Gasteiger partial charge in [-0.2, -0.15) is 0 Å². The van der Waals surface area contributed by atoms with Crippen molar-refractivity contribution in [1.82, 2.24) is 5.32 Å². The molecule has 0 radical (unpaired) electrons. The third kappa shape index (κ3) is 50.4. The molecule has 0 aromatic rings. The minimum Gasteiger partial charge on any atom is -0.394 e. The van der Waals surface area contributed by atoms with Crippen LogP contribution in [0.25, 0.3) is 0 Å². The monoisotopic (exact) mass is 876 g/mol. The number of rotatable bonds is 55. The molecule has 2 atom stereocenters. The Morgan fingerprint density at radius 3 is 0.726 bits per heavy atom. The second-order valence-corrected chi connectivity index (χ2v) is 20.4. The fourth-order valence-electron chi connectivity index (χ4n) is 9.66. The first kappa shape index (κ1) is 61.4. The number of aliphatic hydroxyl groups is 2. The lowest BCUT2D eigenvalue weighted by atomic mass is 10.0. The molecular weight excluding hydrogens is 759 g/mol. The summed E-state index contributed by atoms with van der Waals surface area (Å²) < 4.78 is 0. The predicted octanol–water partition coefficient (Wildman–Crippen LogP) is 19.1. The Morgan fingerprint density at radius 1 is 0.323 bits per heavy atom. The highest BCUT2D eigenvalue weighted by molar-refractivity contribution is 5.76. The van der Waals surface area contributed by atoms with Gasteiger partial charge in [-0.25, -0.2) is 0 Å². The number of hydrogen-bond acceptors (Lipinski definition) is 3. The third-order valence-electron chi connectivity index (χ3n) is 14.1. The molecule has 4 nitrogen and oxygen atoms in total. The van der Waals surface area contributed by atoms with Gasteiger partial charge in [0.05, 0.1) is 18.8 Å². The Labute approximate surface area is 391 Å². The van der Waals surface area contributed by atoms with E-state index >= 15 is 0 Å². The summed E-state index contributed by atoms with van der Waals surface area (Å²) >= 11 is 0. The molecule has 372 valence electrons. The molecule has 0 aliphatic rings. The lowest BCUT2D eigenvalue weighted by molar-refractivity contribution is -0.123. The molecule has 62 heavy (non-hydrogen) atoms. The molecule has 0 saturated carbocycles. The van der Waals surface area contributed by atoms with Crippen LogP contribution in [-0.4, -0.2) is 34.9 Å². The fourth-order valence-corrected chi connectivity index (χ4v) is 9.66. The summed E-state index contributed by atoms with van der Waals surface area (Å²) in [6.07, 6.45) is 69.7. The van der Waals surface area contributed by atoms with Gasteiger partial charge in [-0.15, -0.1) is 0 Å². The maximum Gasteiger partial charge on any atom is 0.220 e. The van der Waals surface area contributed by atoms with E-state index in [4.69, 9.17) is 0 Å². The molecular formula is C58H117NO3. The number of amides is 1. The number of unbranched alkanes of at least 4 members (excludes halogenated alkanes) is 48. The van der Waals surface area contributed by atoms with E-state index in [2.05, 4.69) is 19.2 Å². The predicted molar refractivity (Wildman–Crippen MR) is 276 cm³/mol. The molecule has 0 aliphatic heterocycles. The molecule has 0 aromatic carbocycles. The molecule has 0 aliphatic carbocycles. The smallest absolute Gasteiger partial charge is 0.220 e. The van der Waals surface area contributed by atoms with E-state index in [1.54, 1.807) is 0 Å². The van der Waals surface area contributed by atoms with Crippen LogP contribution in [0.1, 0.15) is 348 Å². The van der Waals surface area contributed by atoms with Crippen molar-refractivity contribution < 1.29 is 15.0 Å². The van der Waals surface area contributed by atoms with Crippen LogP contribution >= 0.6 is 0 Å². The van der Waals surface area contributed by atoms with Gasteiger partial charge >= 0.3 is 0 Å². The van der Waals surface area contributed by atoms with Crippen LogP contribution in [0, 0.1) is 0 Å². The number of aliphatic hydroxyl groups excluding tert-OH is 2. The summed E-state index contributed by atoms with van der Waals surface area (Å²) in [5, 5.41) is 23.3. The molecule has 0 aromatic heterocycles. The van der Waals surface area contributed by atoms with Gasteiger partial charge in [0.15, 0.2) is 0 Å². The highest BCUT2D eigenvalue weighted by Gasteiger charge is 2.20. The normalized spacial score (nSPS) is 12.6. The van der Waals surface area contributed by atoms with Crippen molar-refractivity contribution in [3.63, 3.8) is 0 Å². The number of carbonyl (C=O) groups excluding carboxylic acids is 1. The summed E-state index contributed by atoms with van der Waals surface area (Å²) in [4.78, 5) is 12.5. The zero-order valence-corrected chi connectivity index (χ0v) is 42.9. The van der Waals surface area contributed by atoms with E-state index in [1.165, 1.54) is 295 Å². The van der Waals surface area contributed by atoms with E-state index in [-0.39, 0.29) is 12.5 Å². The van der Waals surface area contributed by atoms with Crippen LogP contribution in [0.3, 0.4) is 0 Å². The Hall–Kier alpha value is -0.610. The first-order chi connectivity index (χ1) is 30.7. The van der Waals surface area contributed by atoms with Crippen LogP contribution < -0.4 is 5.32 Å². The first-order valence-corrected chi connectivity index (χ1v) is 29.2. The van der Waals surface area contributed by atoms with Crippen molar-refractivity contribution in [1.29, 1.82) is 0 Å². The lowest BCUT2D eigenvalue weighted by Crippen LogP contribution is -2.45. The van der Waals surface area contributed by atoms with Crippen LogP contribution in [-0.2, 0) is 4.79 Å². The van der Waals surface area contributed by atoms with Gasteiger partial charge in [0.2, 0.25) is 5.91 Å². The highest BCUT2D eigenvalue weighted by atomic mass is 16.3. The molecule has 0 fully saturated rings. The largest absolute Gasteiger partial charge is 0.394 e. The van der Waals surface area contributed by atoms with Crippen LogP contribution in [0.15, 0.2) is 0 Å². The number of hydrogen-bond donors (Lipinski definition) is 3. The molecule has 0 heterocycles. The van der Waals surface area contributed by atoms with E-state index in [1.807, 2.05) is 0 Å². The Bertz CT molecular complexity index is 819. The van der Waals surface area contributed by atoms with Gasteiger partial charge in [0.1, 0.15) is 0 Å². The quantitative estimate of drug-likeness (QED) is 0.0533. The van der Waals surface area contributed by atoms with Gasteiger partial charge in [0.25, 0.3) is 0 Å². The van der Waals surface area contributed by atoms with Crippen molar-refractivity contribution in [3.8, 4) is 0 Å². The second-order valence-electron chi connectivity index (χ2n) is 20.4. The Balaban J connectivity index is 3.35. The summed E-state index contributed by atoms with van der Waals surface area (Å²) in [5.74, 6) is -0.0220. The van der Waals surface area contributed by atoms with Gasteiger partial charge in [0, 0.05) is 6.42 Å². The maximum absolute atomic E-state index is 12.5. The molecule has 2 unspecified atom stereocenters. The van der Waals surface area contributed by atoms with E-state index in [9.17, 15) is 15.0 Å². The lowest BCUT2D eigenvalue weighted by Gasteiger charge is -2.22. The summed E-state index contributed by atoms with van der Waals surface area (Å²) in [6.45, 7) is 4.40. The molecule has 1 amide bonds. The maximum atomic E-state index is 12.5. The van der Waals surface area contributed by atoms with Crippen LogP contribution in [0.4, 0.5) is 0 Å². The number of nitrogens with one attached hydrogen (secondary N) is 1. The SMILES string of the molecule is CCCCCCCCCCCCCCCCCCCCCCCCCCCCCCCCCCCC(=O)NC(CO)C(O)CCCCCCCCCCCCCCCCCCC. The van der Waals surface area contributed by atoms with E-state index < -0.39 is 12.1 Å². The minimum absolute atomic E-state index is 0.0220. The van der Waals surface area contributed by atoms with Crippen molar-refractivity contribution in [2.45, 2.75) is 360 Å². The highest BCUT2D eigenvalue weighted by Crippen LogP contribution is 2.19. The zero-order chi connectivity index (χ0) is 44.9. The zero-order valence-electron chi connectivity index (χ0n) is 42.9. The summed E-state index contributed by atoms with van der Waals surface area (Å²) in [6, 6.07) is -0.531. The van der Waals surface area contributed by atoms with Crippen LogP contribution in [0.5, 0.6) is 0 Å². The molecule has 0 spiro atoms. The Kier molecular flexibility index (Phi) is 54.2. The average molecular weight is 877 g/mol. The van der Waals surface area contributed by atoms with Gasteiger partial charge < -0.3 is 15.5 Å². The minimum atomic E-state index is -0.654. The van der Waals surface area contributed by atoms with E-state index in [0.29, 0.717) is 12.8 Å². The first-order valence-electron chi connectivity index (χ1n) is 29.2. The third-order valence-corrected chi connectivity index (χ3v) is 14.1. The average Bonchev–Trinajstić information content (AvgIpc) is 3.28. The topological polar surface area (TPSA) is 69.6 Å². The second kappa shape index (κ2) is 54.7. The van der Waals surface area contributed by atoms with Gasteiger partial charge in [-0.05, 0) is 12.8 Å². The summed E-state index contributed by atoms with van der Waals surface area (Å²) in [5.41, 5.74) is 0. The fraction of sp³-hybridized carbons (Fsp3) is 0.983.